The van der Waals surface area contributed by atoms with Crippen LogP contribution in [0, 0.1) is 11.3 Å². The third-order valence-corrected chi connectivity index (χ3v) is 4.70. The average molecular weight is 242 g/mol. The first-order chi connectivity index (χ1) is 8.11. The van der Waals surface area contributed by atoms with Crippen molar-refractivity contribution < 1.29 is 19.4 Å². The van der Waals surface area contributed by atoms with Crippen LogP contribution in [-0.4, -0.2) is 37.0 Å². The number of aliphatic carboxylic acids is 1. The number of hydrogen-bond acceptors (Lipinski definition) is 3. The van der Waals surface area contributed by atoms with E-state index in [1.165, 1.54) is 0 Å². The molecule has 0 spiro atoms. The molecular weight excluding hydrogens is 220 g/mol. The lowest BCUT2D eigenvalue weighted by Crippen LogP contribution is -2.46. The minimum Gasteiger partial charge on any atom is -0.481 e. The minimum atomic E-state index is -0.691. The van der Waals surface area contributed by atoms with E-state index in [4.69, 9.17) is 9.47 Å². The lowest BCUT2D eigenvalue weighted by atomic mass is 9.64. The van der Waals surface area contributed by atoms with E-state index in [0.717, 1.165) is 25.7 Å². The van der Waals surface area contributed by atoms with Crippen LogP contribution in [0.1, 0.15) is 39.0 Å². The highest BCUT2D eigenvalue weighted by Gasteiger charge is 2.54. The zero-order valence-electron chi connectivity index (χ0n) is 10.6. The molecule has 1 heterocycles. The molecular formula is C13H22O4. The van der Waals surface area contributed by atoms with Gasteiger partial charge in [-0.1, -0.05) is 6.42 Å². The van der Waals surface area contributed by atoms with Crippen molar-refractivity contribution in [1.29, 1.82) is 0 Å². The van der Waals surface area contributed by atoms with E-state index in [1.807, 2.05) is 6.92 Å². The topological polar surface area (TPSA) is 55.8 Å². The summed E-state index contributed by atoms with van der Waals surface area (Å²) in [4.78, 5) is 11.7. The highest BCUT2D eigenvalue weighted by molar-refractivity contribution is 5.76. The van der Waals surface area contributed by atoms with Crippen molar-refractivity contribution in [3.05, 3.63) is 0 Å². The van der Waals surface area contributed by atoms with Gasteiger partial charge in [0.1, 0.15) is 0 Å². The fourth-order valence-electron chi connectivity index (χ4n) is 3.57. The Morgan fingerprint density at radius 2 is 2.24 bits per heavy atom. The number of carboxylic acid groups (broad SMARTS) is 1. The Labute approximate surface area is 102 Å². The fourth-order valence-corrected chi connectivity index (χ4v) is 3.57. The summed E-state index contributed by atoms with van der Waals surface area (Å²) < 4.78 is 10.9. The van der Waals surface area contributed by atoms with Crippen LogP contribution in [0.2, 0.25) is 0 Å². The number of methoxy groups -OCH3 is 1. The van der Waals surface area contributed by atoms with E-state index in [-0.39, 0.29) is 18.1 Å². The molecule has 1 N–H and O–H groups in total. The molecule has 2 aliphatic rings. The standard InChI is InChI=1S/C13H22O4/c1-9-13(12(14)15,6-7-17-9)10-4-3-5-11(8-10)16-2/h9-11H,3-8H2,1-2H3,(H,14,15). The molecule has 0 amide bonds. The Balaban J connectivity index is 2.19. The average Bonchev–Trinajstić information content (AvgIpc) is 2.72. The van der Waals surface area contributed by atoms with Gasteiger partial charge in [0.05, 0.1) is 17.6 Å². The van der Waals surface area contributed by atoms with Crippen molar-refractivity contribution in [2.24, 2.45) is 11.3 Å². The van der Waals surface area contributed by atoms with E-state index >= 15 is 0 Å². The molecule has 2 rings (SSSR count). The van der Waals surface area contributed by atoms with Gasteiger partial charge >= 0.3 is 5.97 Å². The maximum atomic E-state index is 11.7. The van der Waals surface area contributed by atoms with Gasteiger partial charge in [-0.2, -0.15) is 0 Å². The predicted octanol–water partition coefficient (Wildman–Crippen LogP) is 2.07. The SMILES string of the molecule is COC1CCCC(C2(C(=O)O)CCOC2C)C1. The Kier molecular flexibility index (Phi) is 3.73. The number of carbonyl (C=O) groups is 1. The van der Waals surface area contributed by atoms with Gasteiger partial charge in [0.25, 0.3) is 0 Å². The molecule has 98 valence electrons. The van der Waals surface area contributed by atoms with Gasteiger partial charge in [-0.25, -0.2) is 0 Å². The predicted molar refractivity (Wildman–Crippen MR) is 62.9 cm³/mol. The first-order valence-corrected chi connectivity index (χ1v) is 6.49. The zero-order valence-corrected chi connectivity index (χ0v) is 10.6. The highest BCUT2D eigenvalue weighted by Crippen LogP contribution is 2.48. The lowest BCUT2D eigenvalue weighted by Gasteiger charge is -2.40. The molecule has 1 aliphatic carbocycles. The molecule has 0 aromatic rings. The van der Waals surface area contributed by atoms with Crippen molar-refractivity contribution in [2.45, 2.75) is 51.2 Å². The van der Waals surface area contributed by atoms with Gasteiger partial charge in [-0.3, -0.25) is 4.79 Å². The molecule has 1 saturated heterocycles. The Morgan fingerprint density at radius 3 is 2.76 bits per heavy atom. The molecule has 2 fully saturated rings. The summed E-state index contributed by atoms with van der Waals surface area (Å²) >= 11 is 0. The van der Waals surface area contributed by atoms with Crippen LogP contribution >= 0.6 is 0 Å². The van der Waals surface area contributed by atoms with Crippen LogP contribution in [0.15, 0.2) is 0 Å². The van der Waals surface area contributed by atoms with Gasteiger partial charge in [0.15, 0.2) is 0 Å². The van der Waals surface area contributed by atoms with E-state index in [0.29, 0.717) is 13.0 Å². The third kappa shape index (κ3) is 2.08. The van der Waals surface area contributed by atoms with E-state index in [2.05, 4.69) is 0 Å². The summed E-state index contributed by atoms with van der Waals surface area (Å²) in [6, 6.07) is 0. The highest BCUT2D eigenvalue weighted by atomic mass is 16.5. The molecule has 0 aromatic carbocycles. The van der Waals surface area contributed by atoms with Crippen LogP contribution in [0.4, 0.5) is 0 Å². The summed E-state index contributed by atoms with van der Waals surface area (Å²) in [5.41, 5.74) is -0.683. The Morgan fingerprint density at radius 1 is 1.47 bits per heavy atom. The lowest BCUT2D eigenvalue weighted by molar-refractivity contribution is -0.159. The van der Waals surface area contributed by atoms with Gasteiger partial charge < -0.3 is 14.6 Å². The zero-order chi connectivity index (χ0) is 12.5. The number of rotatable bonds is 3. The van der Waals surface area contributed by atoms with E-state index in [9.17, 15) is 9.90 Å². The molecule has 4 heteroatoms. The maximum Gasteiger partial charge on any atom is 0.312 e. The van der Waals surface area contributed by atoms with Gasteiger partial charge in [-0.15, -0.1) is 0 Å². The molecule has 1 saturated carbocycles. The summed E-state index contributed by atoms with van der Waals surface area (Å²) in [7, 11) is 1.72. The summed E-state index contributed by atoms with van der Waals surface area (Å²) in [6.45, 7) is 2.47. The normalized spacial score (nSPS) is 42.6. The fraction of sp³-hybridized carbons (Fsp3) is 0.923. The van der Waals surface area contributed by atoms with E-state index < -0.39 is 11.4 Å². The van der Waals surface area contributed by atoms with Crippen molar-refractivity contribution in [3.63, 3.8) is 0 Å². The van der Waals surface area contributed by atoms with Crippen molar-refractivity contribution in [1.82, 2.24) is 0 Å². The molecule has 0 radical (unpaired) electrons. The molecule has 0 bridgehead atoms. The van der Waals surface area contributed by atoms with Gasteiger partial charge in [-0.05, 0) is 38.5 Å². The summed E-state index contributed by atoms with van der Waals surface area (Å²) in [5, 5.41) is 9.62. The van der Waals surface area contributed by atoms with Crippen LogP contribution in [-0.2, 0) is 14.3 Å². The van der Waals surface area contributed by atoms with Gasteiger partial charge in [0, 0.05) is 13.7 Å². The number of ether oxygens (including phenoxy) is 2. The second-order valence-corrected chi connectivity index (χ2v) is 5.33. The van der Waals surface area contributed by atoms with E-state index in [1.54, 1.807) is 7.11 Å². The van der Waals surface area contributed by atoms with Crippen molar-refractivity contribution in [3.8, 4) is 0 Å². The molecule has 1 aliphatic heterocycles. The third-order valence-electron chi connectivity index (χ3n) is 4.70. The second kappa shape index (κ2) is 4.94. The monoisotopic (exact) mass is 242 g/mol. The van der Waals surface area contributed by atoms with Crippen molar-refractivity contribution >= 4 is 5.97 Å². The molecule has 17 heavy (non-hydrogen) atoms. The Bertz CT molecular complexity index is 291. The van der Waals surface area contributed by atoms with Crippen LogP contribution < -0.4 is 0 Å². The summed E-state index contributed by atoms with van der Waals surface area (Å²) in [6.07, 6.45) is 4.64. The minimum absolute atomic E-state index is 0.180. The van der Waals surface area contributed by atoms with Gasteiger partial charge in [0.2, 0.25) is 0 Å². The number of hydrogen-bond donors (Lipinski definition) is 1. The molecule has 0 aromatic heterocycles. The maximum absolute atomic E-state index is 11.7. The van der Waals surface area contributed by atoms with Crippen LogP contribution in [0.3, 0.4) is 0 Å². The number of carboxylic acids is 1. The quantitative estimate of drug-likeness (QED) is 0.823. The summed E-state index contributed by atoms with van der Waals surface area (Å²) in [5.74, 6) is -0.500. The van der Waals surface area contributed by atoms with Crippen LogP contribution in [0.5, 0.6) is 0 Å². The smallest absolute Gasteiger partial charge is 0.312 e. The largest absolute Gasteiger partial charge is 0.481 e. The second-order valence-electron chi connectivity index (χ2n) is 5.33. The van der Waals surface area contributed by atoms with Crippen LogP contribution in [0.25, 0.3) is 0 Å². The Hall–Kier alpha value is -0.610. The first kappa shape index (κ1) is 12.8. The van der Waals surface area contributed by atoms with Crippen molar-refractivity contribution in [2.75, 3.05) is 13.7 Å². The molecule has 4 atom stereocenters. The molecule has 4 unspecified atom stereocenters. The first-order valence-electron chi connectivity index (χ1n) is 6.49. The molecule has 4 nitrogen and oxygen atoms in total.